The number of anilines is 1. The SMILES string of the molecule is CCS(=O)(=O)Nc1ccc(CCc2ccc(C(=O)O)cc2)cc1. The van der Waals surface area contributed by atoms with Gasteiger partial charge in [-0.25, -0.2) is 13.2 Å². The van der Waals surface area contributed by atoms with E-state index in [1.54, 1.807) is 31.2 Å². The van der Waals surface area contributed by atoms with Crippen LogP contribution in [-0.2, 0) is 22.9 Å². The molecule has 0 saturated carbocycles. The number of hydrogen-bond donors (Lipinski definition) is 2. The molecule has 0 saturated heterocycles. The third-order valence-electron chi connectivity index (χ3n) is 3.51. The van der Waals surface area contributed by atoms with Crippen molar-refractivity contribution in [3.8, 4) is 0 Å². The van der Waals surface area contributed by atoms with Gasteiger partial charge in [0, 0.05) is 5.69 Å². The number of carbonyl (C=O) groups is 1. The van der Waals surface area contributed by atoms with Crippen molar-refractivity contribution >= 4 is 21.7 Å². The maximum atomic E-state index is 11.5. The van der Waals surface area contributed by atoms with Gasteiger partial charge in [-0.05, 0) is 55.2 Å². The summed E-state index contributed by atoms with van der Waals surface area (Å²) >= 11 is 0. The van der Waals surface area contributed by atoms with Gasteiger partial charge in [0.25, 0.3) is 0 Å². The molecule has 2 aromatic carbocycles. The average molecular weight is 333 g/mol. The number of carboxylic acids is 1. The van der Waals surface area contributed by atoms with E-state index in [2.05, 4.69) is 4.72 Å². The predicted octanol–water partition coefficient (Wildman–Crippen LogP) is 2.93. The lowest BCUT2D eigenvalue weighted by Gasteiger charge is -2.07. The van der Waals surface area contributed by atoms with E-state index in [0.29, 0.717) is 5.69 Å². The van der Waals surface area contributed by atoms with Gasteiger partial charge >= 0.3 is 5.97 Å². The van der Waals surface area contributed by atoms with E-state index in [9.17, 15) is 13.2 Å². The first-order chi connectivity index (χ1) is 10.9. The zero-order valence-electron chi connectivity index (χ0n) is 12.8. The van der Waals surface area contributed by atoms with Gasteiger partial charge in [-0.3, -0.25) is 4.72 Å². The average Bonchev–Trinajstić information content (AvgIpc) is 2.54. The minimum atomic E-state index is -3.25. The zero-order valence-corrected chi connectivity index (χ0v) is 13.6. The van der Waals surface area contributed by atoms with Crippen LogP contribution in [0.4, 0.5) is 5.69 Å². The topological polar surface area (TPSA) is 83.5 Å². The summed E-state index contributed by atoms with van der Waals surface area (Å²) < 4.78 is 25.5. The highest BCUT2D eigenvalue weighted by molar-refractivity contribution is 7.92. The number of hydrogen-bond acceptors (Lipinski definition) is 3. The van der Waals surface area contributed by atoms with Gasteiger partial charge in [0.15, 0.2) is 0 Å². The summed E-state index contributed by atoms with van der Waals surface area (Å²) in [6, 6.07) is 14.1. The number of benzene rings is 2. The first-order valence-electron chi connectivity index (χ1n) is 7.31. The van der Waals surface area contributed by atoms with Crippen molar-refractivity contribution in [2.45, 2.75) is 19.8 Å². The summed E-state index contributed by atoms with van der Waals surface area (Å²) in [7, 11) is -3.25. The van der Waals surface area contributed by atoms with Crippen molar-refractivity contribution in [1.29, 1.82) is 0 Å². The smallest absolute Gasteiger partial charge is 0.335 e. The predicted molar refractivity (Wildman–Crippen MR) is 90.3 cm³/mol. The second-order valence-electron chi connectivity index (χ2n) is 5.20. The number of aromatic carboxylic acids is 1. The molecule has 5 nitrogen and oxygen atoms in total. The molecule has 23 heavy (non-hydrogen) atoms. The van der Waals surface area contributed by atoms with Gasteiger partial charge in [-0.2, -0.15) is 0 Å². The zero-order chi connectivity index (χ0) is 16.9. The molecule has 0 bridgehead atoms. The van der Waals surface area contributed by atoms with E-state index >= 15 is 0 Å². The van der Waals surface area contributed by atoms with Crippen LogP contribution in [0.15, 0.2) is 48.5 Å². The fraction of sp³-hybridized carbons (Fsp3) is 0.235. The van der Waals surface area contributed by atoms with Crippen molar-refractivity contribution in [2.75, 3.05) is 10.5 Å². The van der Waals surface area contributed by atoms with Crippen LogP contribution in [0.3, 0.4) is 0 Å². The number of nitrogens with one attached hydrogen (secondary N) is 1. The first kappa shape index (κ1) is 17.0. The summed E-state index contributed by atoms with van der Waals surface area (Å²) in [4.78, 5) is 10.8. The lowest BCUT2D eigenvalue weighted by atomic mass is 10.0. The molecule has 0 atom stereocenters. The van der Waals surface area contributed by atoms with Crippen LogP contribution >= 0.6 is 0 Å². The number of carboxylic acid groups (broad SMARTS) is 1. The van der Waals surface area contributed by atoms with Crippen LogP contribution in [0, 0.1) is 0 Å². The Balaban J connectivity index is 1.95. The molecule has 0 aliphatic heterocycles. The van der Waals surface area contributed by atoms with Crippen LogP contribution in [-0.4, -0.2) is 25.2 Å². The molecule has 0 fully saturated rings. The summed E-state index contributed by atoms with van der Waals surface area (Å²) in [5.41, 5.74) is 2.99. The van der Waals surface area contributed by atoms with Crippen LogP contribution < -0.4 is 4.72 Å². The number of rotatable bonds is 7. The maximum absolute atomic E-state index is 11.5. The Morgan fingerprint density at radius 2 is 1.43 bits per heavy atom. The van der Waals surface area contributed by atoms with Crippen LogP contribution in [0.2, 0.25) is 0 Å². The molecule has 0 radical (unpaired) electrons. The Labute approximate surface area is 136 Å². The Hall–Kier alpha value is -2.34. The lowest BCUT2D eigenvalue weighted by molar-refractivity contribution is 0.0697. The number of aryl methyl sites for hydroxylation is 2. The highest BCUT2D eigenvalue weighted by Gasteiger charge is 2.06. The second kappa shape index (κ2) is 7.28. The normalized spacial score (nSPS) is 11.2. The van der Waals surface area contributed by atoms with Gasteiger partial charge in [0.1, 0.15) is 0 Å². The van der Waals surface area contributed by atoms with Crippen LogP contribution in [0.5, 0.6) is 0 Å². The Morgan fingerprint density at radius 1 is 0.957 bits per heavy atom. The van der Waals surface area contributed by atoms with E-state index in [-0.39, 0.29) is 11.3 Å². The van der Waals surface area contributed by atoms with Crippen molar-refractivity contribution in [3.63, 3.8) is 0 Å². The van der Waals surface area contributed by atoms with Crippen molar-refractivity contribution < 1.29 is 18.3 Å². The molecule has 0 spiro atoms. The molecule has 2 N–H and O–H groups in total. The number of sulfonamides is 1. The standard InChI is InChI=1S/C17H19NO4S/c1-2-23(21,22)18-16-11-7-14(8-12-16)4-3-13-5-9-15(10-6-13)17(19)20/h5-12,18H,2-4H2,1H3,(H,19,20). The maximum Gasteiger partial charge on any atom is 0.335 e. The fourth-order valence-electron chi connectivity index (χ4n) is 2.09. The Morgan fingerprint density at radius 3 is 1.87 bits per heavy atom. The van der Waals surface area contributed by atoms with Crippen molar-refractivity contribution in [2.24, 2.45) is 0 Å². The minimum absolute atomic E-state index is 0.0427. The summed E-state index contributed by atoms with van der Waals surface area (Å²) in [6.45, 7) is 1.59. The quantitative estimate of drug-likeness (QED) is 0.816. The van der Waals surface area contributed by atoms with Crippen molar-refractivity contribution in [3.05, 3.63) is 65.2 Å². The summed E-state index contributed by atoms with van der Waals surface area (Å²) in [5.74, 6) is -0.886. The lowest BCUT2D eigenvalue weighted by Crippen LogP contribution is -2.14. The molecule has 122 valence electrons. The molecule has 6 heteroatoms. The van der Waals surface area contributed by atoms with Crippen LogP contribution in [0.25, 0.3) is 0 Å². The molecular weight excluding hydrogens is 314 g/mol. The molecule has 0 amide bonds. The third-order valence-corrected chi connectivity index (χ3v) is 4.82. The molecule has 2 aromatic rings. The Kier molecular flexibility index (Phi) is 5.39. The van der Waals surface area contributed by atoms with Crippen LogP contribution in [0.1, 0.15) is 28.4 Å². The highest BCUT2D eigenvalue weighted by Crippen LogP contribution is 2.14. The molecule has 0 aromatic heterocycles. The molecular formula is C17H19NO4S. The summed E-state index contributed by atoms with van der Waals surface area (Å²) in [6.07, 6.45) is 1.59. The van der Waals surface area contributed by atoms with Gasteiger partial charge in [0.05, 0.1) is 11.3 Å². The largest absolute Gasteiger partial charge is 0.478 e. The molecule has 2 rings (SSSR count). The van der Waals surface area contributed by atoms with E-state index in [4.69, 9.17) is 5.11 Å². The Bertz CT molecular complexity index is 765. The summed E-state index contributed by atoms with van der Waals surface area (Å²) in [5, 5.41) is 8.86. The van der Waals surface area contributed by atoms with Gasteiger partial charge in [-0.1, -0.05) is 24.3 Å². The fourth-order valence-corrected chi connectivity index (χ4v) is 2.73. The molecule has 0 aliphatic rings. The highest BCUT2D eigenvalue weighted by atomic mass is 32.2. The van der Waals surface area contributed by atoms with E-state index < -0.39 is 16.0 Å². The van der Waals surface area contributed by atoms with Gasteiger partial charge in [-0.15, -0.1) is 0 Å². The first-order valence-corrected chi connectivity index (χ1v) is 8.96. The second-order valence-corrected chi connectivity index (χ2v) is 7.22. The minimum Gasteiger partial charge on any atom is -0.478 e. The molecule has 0 aliphatic carbocycles. The third kappa shape index (κ3) is 5.10. The van der Waals surface area contributed by atoms with Gasteiger partial charge in [0.2, 0.25) is 10.0 Å². The van der Waals surface area contributed by atoms with Crippen molar-refractivity contribution in [1.82, 2.24) is 0 Å². The van der Waals surface area contributed by atoms with E-state index in [1.165, 1.54) is 0 Å². The molecule has 0 heterocycles. The van der Waals surface area contributed by atoms with E-state index in [1.807, 2.05) is 24.3 Å². The molecule has 0 unspecified atom stereocenters. The van der Waals surface area contributed by atoms with Gasteiger partial charge < -0.3 is 5.11 Å². The monoisotopic (exact) mass is 333 g/mol. The van der Waals surface area contributed by atoms with E-state index in [0.717, 1.165) is 24.0 Å².